The topological polar surface area (TPSA) is 110 Å². The molecule has 0 aromatic heterocycles. The molecule has 3 unspecified atom stereocenters. The fraction of sp³-hybridized carbons (Fsp3) is 0.917. The van der Waals surface area contributed by atoms with Crippen LogP contribution in [0.1, 0.15) is 60.3 Å². The summed E-state index contributed by atoms with van der Waals surface area (Å²) in [5.41, 5.74) is 0.153. The second-order valence-electron chi connectivity index (χ2n) is 9.59. The van der Waals surface area contributed by atoms with Crippen LogP contribution in [-0.4, -0.2) is 93.3 Å². The maximum Gasteiger partial charge on any atom is 0.315 e. The molecule has 3 atom stereocenters. The Morgan fingerprint density at radius 3 is 2.35 bits per heavy atom. The molecule has 34 heavy (non-hydrogen) atoms. The molecule has 0 aromatic carbocycles. The summed E-state index contributed by atoms with van der Waals surface area (Å²) >= 11 is 1.91. The van der Waals surface area contributed by atoms with E-state index in [1.165, 1.54) is 0 Å². The second kappa shape index (κ2) is 17.4. The van der Waals surface area contributed by atoms with Gasteiger partial charge in [0.25, 0.3) is 0 Å². The highest BCUT2D eigenvalue weighted by Crippen LogP contribution is 2.33. The molecule has 2 rings (SSSR count). The first-order valence-electron chi connectivity index (χ1n) is 12.3. The van der Waals surface area contributed by atoms with E-state index < -0.39 is 0 Å². The molecule has 9 nitrogen and oxygen atoms in total. The van der Waals surface area contributed by atoms with Crippen LogP contribution in [0.3, 0.4) is 0 Å². The predicted molar refractivity (Wildman–Crippen MR) is 139 cm³/mol. The van der Waals surface area contributed by atoms with E-state index >= 15 is 0 Å². The molecule has 0 radical (unpaired) electrons. The van der Waals surface area contributed by atoms with Gasteiger partial charge in [-0.3, -0.25) is 4.79 Å². The number of carbonyl (C=O) groups is 2. The standard InChI is InChI=1S/C23H44N4O5S.CH4/c1-23(2,3)25-9-6-11-30-13-15-32-16-14-31-12-10-24-20(28)8-5-4-7-19-21-18(17-33-19)26-22(29)27-21;/h18-19,21,25H,4-17H2,1-3H3,(H,24,28)(H2,26,27,29);1H4. The lowest BCUT2D eigenvalue weighted by Crippen LogP contribution is -2.36. The number of thioether (sulfide) groups is 1. The van der Waals surface area contributed by atoms with E-state index in [2.05, 4.69) is 42.0 Å². The van der Waals surface area contributed by atoms with E-state index in [0.717, 1.165) is 44.6 Å². The number of urea groups is 1. The molecule has 2 fully saturated rings. The van der Waals surface area contributed by atoms with Gasteiger partial charge >= 0.3 is 6.03 Å². The van der Waals surface area contributed by atoms with Crippen molar-refractivity contribution >= 4 is 23.7 Å². The number of carbonyl (C=O) groups excluding carboxylic acids is 2. The van der Waals surface area contributed by atoms with Gasteiger partial charge in [-0.15, -0.1) is 0 Å². The summed E-state index contributed by atoms with van der Waals surface area (Å²) in [6, 6.07) is 0.458. The second-order valence-corrected chi connectivity index (χ2v) is 10.9. The quantitative estimate of drug-likeness (QED) is 0.167. The smallest absolute Gasteiger partial charge is 0.315 e. The summed E-state index contributed by atoms with van der Waals surface area (Å²) in [4.78, 5) is 23.3. The molecule has 2 aliphatic heterocycles. The van der Waals surface area contributed by atoms with E-state index in [1.807, 2.05) is 11.8 Å². The Labute approximate surface area is 210 Å². The van der Waals surface area contributed by atoms with Crippen LogP contribution in [0.15, 0.2) is 0 Å². The lowest BCUT2D eigenvalue weighted by molar-refractivity contribution is -0.121. The van der Waals surface area contributed by atoms with Gasteiger partial charge in [-0.2, -0.15) is 11.8 Å². The molecule has 2 aliphatic rings. The van der Waals surface area contributed by atoms with Crippen LogP contribution >= 0.6 is 11.8 Å². The van der Waals surface area contributed by atoms with Crippen molar-refractivity contribution in [1.29, 1.82) is 0 Å². The Kier molecular flexibility index (Phi) is 15.8. The van der Waals surface area contributed by atoms with Crippen molar-refractivity contribution in [2.24, 2.45) is 0 Å². The van der Waals surface area contributed by atoms with Crippen molar-refractivity contribution in [2.75, 3.05) is 58.5 Å². The number of rotatable bonds is 18. The fourth-order valence-electron chi connectivity index (χ4n) is 3.80. The SMILES string of the molecule is C.CC(C)(C)NCCCOCCOCCOCCNC(=O)CCCCC1SCC2NC(=O)NC21. The monoisotopic (exact) mass is 504 g/mol. The van der Waals surface area contributed by atoms with Crippen molar-refractivity contribution < 1.29 is 23.8 Å². The number of hydrogen-bond acceptors (Lipinski definition) is 7. The van der Waals surface area contributed by atoms with Crippen LogP contribution in [0.5, 0.6) is 0 Å². The predicted octanol–water partition coefficient (Wildman–Crippen LogP) is 2.29. The summed E-state index contributed by atoms with van der Waals surface area (Å²) < 4.78 is 16.5. The Morgan fingerprint density at radius 1 is 0.971 bits per heavy atom. The zero-order valence-corrected chi connectivity index (χ0v) is 21.4. The summed E-state index contributed by atoms with van der Waals surface area (Å²) in [6.45, 7) is 11.4. The van der Waals surface area contributed by atoms with Crippen molar-refractivity contribution in [2.45, 2.75) is 83.2 Å². The Bertz CT molecular complexity index is 576. The van der Waals surface area contributed by atoms with Gasteiger partial charge in [0, 0.05) is 36.1 Å². The molecule has 0 aliphatic carbocycles. The highest BCUT2D eigenvalue weighted by atomic mass is 32.2. The van der Waals surface area contributed by atoms with Gasteiger partial charge in [-0.05, 0) is 46.6 Å². The van der Waals surface area contributed by atoms with E-state index in [4.69, 9.17) is 14.2 Å². The minimum Gasteiger partial charge on any atom is -0.379 e. The molecule has 0 aromatic rings. The first-order valence-corrected chi connectivity index (χ1v) is 13.3. The molecule has 200 valence electrons. The van der Waals surface area contributed by atoms with Crippen LogP contribution in [-0.2, 0) is 19.0 Å². The lowest BCUT2D eigenvalue weighted by atomic mass is 10.0. The Morgan fingerprint density at radius 2 is 1.65 bits per heavy atom. The van der Waals surface area contributed by atoms with Crippen LogP contribution in [0.2, 0.25) is 0 Å². The first-order chi connectivity index (χ1) is 15.8. The molecular weight excluding hydrogens is 456 g/mol. The van der Waals surface area contributed by atoms with E-state index in [-0.39, 0.29) is 37.0 Å². The molecule has 2 heterocycles. The minimum absolute atomic E-state index is 0. The van der Waals surface area contributed by atoms with Crippen molar-refractivity contribution in [3.05, 3.63) is 0 Å². The van der Waals surface area contributed by atoms with Gasteiger partial charge in [0.15, 0.2) is 0 Å². The molecule has 4 N–H and O–H groups in total. The number of hydrogen-bond donors (Lipinski definition) is 4. The van der Waals surface area contributed by atoms with Gasteiger partial charge in [0.2, 0.25) is 5.91 Å². The van der Waals surface area contributed by atoms with Crippen LogP contribution in [0.25, 0.3) is 0 Å². The molecule has 0 bridgehead atoms. The van der Waals surface area contributed by atoms with E-state index in [0.29, 0.717) is 51.2 Å². The van der Waals surface area contributed by atoms with Crippen LogP contribution in [0.4, 0.5) is 4.79 Å². The lowest BCUT2D eigenvalue weighted by Gasteiger charge is -2.20. The van der Waals surface area contributed by atoms with Crippen molar-refractivity contribution in [3.63, 3.8) is 0 Å². The maximum absolute atomic E-state index is 11.9. The number of fused-ring (bicyclic) bond motifs is 1. The zero-order chi connectivity index (χ0) is 23.9. The third-order valence-corrected chi connectivity index (χ3v) is 7.02. The molecule has 0 spiro atoms. The van der Waals surface area contributed by atoms with E-state index in [1.54, 1.807) is 0 Å². The minimum atomic E-state index is -0.0482. The average Bonchev–Trinajstić information content (AvgIpc) is 3.30. The fourth-order valence-corrected chi connectivity index (χ4v) is 5.35. The maximum atomic E-state index is 11.9. The number of amides is 3. The first kappa shape index (κ1) is 31.0. The molecule has 10 heteroatoms. The number of nitrogens with one attached hydrogen (secondary N) is 4. The molecular formula is C24H48N4O5S. The largest absolute Gasteiger partial charge is 0.379 e. The van der Waals surface area contributed by atoms with Gasteiger partial charge in [-0.1, -0.05) is 13.8 Å². The molecule has 3 amide bonds. The third-order valence-electron chi connectivity index (χ3n) is 5.51. The highest BCUT2D eigenvalue weighted by Gasteiger charge is 2.42. The molecule has 0 saturated carbocycles. The normalized spacial score (nSPS) is 21.5. The summed E-state index contributed by atoms with van der Waals surface area (Å²) in [7, 11) is 0. The third kappa shape index (κ3) is 13.7. The van der Waals surface area contributed by atoms with Crippen molar-refractivity contribution in [1.82, 2.24) is 21.3 Å². The van der Waals surface area contributed by atoms with Crippen LogP contribution < -0.4 is 21.3 Å². The van der Waals surface area contributed by atoms with Gasteiger partial charge in [0.05, 0.1) is 45.1 Å². The average molecular weight is 505 g/mol. The molecule has 2 saturated heterocycles. The number of unbranched alkanes of at least 4 members (excludes halogenated alkanes) is 1. The van der Waals surface area contributed by atoms with Gasteiger partial charge in [-0.25, -0.2) is 4.79 Å². The van der Waals surface area contributed by atoms with Crippen molar-refractivity contribution in [3.8, 4) is 0 Å². The summed E-state index contributed by atoms with van der Waals surface area (Å²) in [5.74, 6) is 1.04. The zero-order valence-electron chi connectivity index (χ0n) is 20.6. The van der Waals surface area contributed by atoms with Crippen LogP contribution in [0, 0.1) is 0 Å². The Balaban J connectivity index is 0.00000578. The van der Waals surface area contributed by atoms with E-state index in [9.17, 15) is 9.59 Å². The van der Waals surface area contributed by atoms with Gasteiger partial charge < -0.3 is 35.5 Å². The van der Waals surface area contributed by atoms with Gasteiger partial charge in [0.1, 0.15) is 0 Å². The summed E-state index contributed by atoms with van der Waals surface area (Å²) in [6.07, 6.45) is 4.42. The number of ether oxygens (including phenoxy) is 3. The Hall–Kier alpha value is -1.07. The highest BCUT2D eigenvalue weighted by molar-refractivity contribution is 8.00. The summed E-state index contributed by atoms with van der Waals surface area (Å²) in [5, 5.41) is 12.7.